The highest BCUT2D eigenvalue weighted by molar-refractivity contribution is 5.78. The number of rotatable bonds is 2. The van der Waals surface area contributed by atoms with Gasteiger partial charge in [0.1, 0.15) is 12.4 Å². The minimum atomic E-state index is -0.0817. The Balaban J connectivity index is 1.42. The average molecular weight is 339 g/mol. The number of pyridine rings is 1. The molecule has 25 heavy (non-hydrogen) atoms. The molecule has 0 saturated carbocycles. The Labute approximate surface area is 146 Å². The fourth-order valence-electron chi connectivity index (χ4n) is 3.48. The molecule has 1 aromatic heterocycles. The number of hydrogen-bond donors (Lipinski definition) is 1. The van der Waals surface area contributed by atoms with Crippen molar-refractivity contribution in [3.63, 3.8) is 0 Å². The van der Waals surface area contributed by atoms with Gasteiger partial charge in [-0.1, -0.05) is 18.2 Å². The zero-order valence-corrected chi connectivity index (χ0v) is 14.0. The second-order valence-corrected chi connectivity index (χ2v) is 6.58. The SMILES string of the molecule is O=C(CN1CCOc2ccccc2C1)N1CCc2cc(=O)[nH]cc2C1. The molecule has 1 N–H and O–H groups in total. The number of nitrogens with zero attached hydrogens (tertiary/aromatic N) is 2. The highest BCUT2D eigenvalue weighted by atomic mass is 16.5. The monoisotopic (exact) mass is 339 g/mol. The molecular weight excluding hydrogens is 318 g/mol. The van der Waals surface area contributed by atoms with E-state index in [1.807, 2.05) is 29.2 Å². The summed E-state index contributed by atoms with van der Waals surface area (Å²) in [5.74, 6) is 1.03. The number of H-pyrrole nitrogens is 1. The predicted octanol–water partition coefficient (Wildman–Crippen LogP) is 1.15. The van der Waals surface area contributed by atoms with Gasteiger partial charge in [0.25, 0.3) is 0 Å². The molecule has 0 unspecified atom stereocenters. The third kappa shape index (κ3) is 3.44. The highest BCUT2D eigenvalue weighted by Crippen LogP contribution is 2.23. The van der Waals surface area contributed by atoms with Crippen molar-refractivity contribution in [3.05, 3.63) is 63.6 Å². The molecule has 2 aromatic rings. The summed E-state index contributed by atoms with van der Waals surface area (Å²) in [5.41, 5.74) is 3.12. The molecule has 130 valence electrons. The van der Waals surface area contributed by atoms with E-state index in [0.717, 1.165) is 42.0 Å². The molecule has 1 aromatic carbocycles. The van der Waals surface area contributed by atoms with Crippen LogP contribution in [0.15, 0.2) is 41.3 Å². The van der Waals surface area contributed by atoms with Gasteiger partial charge >= 0.3 is 0 Å². The van der Waals surface area contributed by atoms with E-state index >= 15 is 0 Å². The quantitative estimate of drug-likeness (QED) is 0.892. The summed E-state index contributed by atoms with van der Waals surface area (Å²) in [4.78, 5) is 30.8. The van der Waals surface area contributed by atoms with Crippen molar-refractivity contribution in [2.75, 3.05) is 26.2 Å². The Morgan fingerprint density at radius 1 is 1.12 bits per heavy atom. The van der Waals surface area contributed by atoms with Gasteiger partial charge in [0.05, 0.1) is 6.54 Å². The van der Waals surface area contributed by atoms with E-state index in [1.54, 1.807) is 12.3 Å². The van der Waals surface area contributed by atoms with Gasteiger partial charge in [0.15, 0.2) is 0 Å². The Morgan fingerprint density at radius 2 is 2.00 bits per heavy atom. The number of ether oxygens (including phenoxy) is 1. The first-order valence-electron chi connectivity index (χ1n) is 8.60. The lowest BCUT2D eigenvalue weighted by molar-refractivity contribution is -0.133. The molecule has 2 aliphatic heterocycles. The first-order valence-corrected chi connectivity index (χ1v) is 8.60. The van der Waals surface area contributed by atoms with Crippen LogP contribution in [0.3, 0.4) is 0 Å². The van der Waals surface area contributed by atoms with Crippen molar-refractivity contribution in [1.82, 2.24) is 14.8 Å². The van der Waals surface area contributed by atoms with Crippen LogP contribution in [0, 0.1) is 0 Å². The van der Waals surface area contributed by atoms with E-state index in [2.05, 4.69) is 9.88 Å². The summed E-state index contributed by atoms with van der Waals surface area (Å²) in [5, 5.41) is 0. The molecule has 0 radical (unpaired) electrons. The molecule has 4 rings (SSSR count). The van der Waals surface area contributed by atoms with Crippen molar-refractivity contribution in [3.8, 4) is 5.75 Å². The first-order chi connectivity index (χ1) is 12.2. The minimum absolute atomic E-state index is 0.0817. The van der Waals surface area contributed by atoms with Crippen LogP contribution in [0.5, 0.6) is 5.75 Å². The fourth-order valence-corrected chi connectivity index (χ4v) is 3.48. The van der Waals surface area contributed by atoms with Crippen molar-refractivity contribution in [1.29, 1.82) is 0 Å². The minimum Gasteiger partial charge on any atom is -0.492 e. The summed E-state index contributed by atoms with van der Waals surface area (Å²) < 4.78 is 5.76. The average Bonchev–Trinajstić information content (AvgIpc) is 2.82. The molecule has 6 heteroatoms. The number of amides is 1. The number of carbonyl (C=O) groups is 1. The van der Waals surface area contributed by atoms with Gasteiger partial charge in [0, 0.05) is 44.0 Å². The molecule has 0 atom stereocenters. The Kier molecular flexibility index (Phi) is 4.28. The standard InChI is InChI=1S/C19H21N3O3/c23-18-9-14-5-6-22(12-16(14)10-20-18)19(24)13-21-7-8-25-17-4-2-1-3-15(17)11-21/h1-4,9-10H,5-8,11-13H2,(H,20,23). The number of para-hydroxylation sites is 1. The number of aromatic amines is 1. The van der Waals surface area contributed by atoms with Crippen LogP contribution >= 0.6 is 0 Å². The lowest BCUT2D eigenvalue weighted by Crippen LogP contribution is -2.43. The largest absolute Gasteiger partial charge is 0.492 e. The molecule has 0 spiro atoms. The van der Waals surface area contributed by atoms with E-state index in [1.165, 1.54) is 0 Å². The summed E-state index contributed by atoms with van der Waals surface area (Å²) in [6.45, 7) is 3.66. The number of aromatic nitrogens is 1. The normalized spacial score (nSPS) is 17.2. The number of benzene rings is 1. The zero-order valence-electron chi connectivity index (χ0n) is 14.0. The van der Waals surface area contributed by atoms with Crippen LogP contribution in [-0.2, 0) is 24.3 Å². The zero-order chi connectivity index (χ0) is 17.2. The smallest absolute Gasteiger partial charge is 0.248 e. The van der Waals surface area contributed by atoms with E-state index in [-0.39, 0.29) is 11.5 Å². The first kappa shape index (κ1) is 15.9. The van der Waals surface area contributed by atoms with Crippen LogP contribution in [0.4, 0.5) is 0 Å². The van der Waals surface area contributed by atoms with Gasteiger partial charge in [-0.25, -0.2) is 0 Å². The summed E-state index contributed by atoms with van der Waals surface area (Å²) >= 11 is 0. The number of hydrogen-bond acceptors (Lipinski definition) is 4. The summed E-state index contributed by atoms with van der Waals surface area (Å²) in [6, 6.07) is 9.62. The van der Waals surface area contributed by atoms with Gasteiger partial charge in [-0.05, 0) is 23.6 Å². The van der Waals surface area contributed by atoms with E-state index < -0.39 is 0 Å². The van der Waals surface area contributed by atoms with Gasteiger partial charge in [-0.3, -0.25) is 14.5 Å². The van der Waals surface area contributed by atoms with Crippen LogP contribution in [0.2, 0.25) is 0 Å². The summed E-state index contributed by atoms with van der Waals surface area (Å²) in [6.07, 6.45) is 2.46. The number of nitrogens with one attached hydrogen (secondary N) is 1. The molecule has 3 heterocycles. The maximum atomic E-state index is 12.7. The molecule has 0 bridgehead atoms. The maximum Gasteiger partial charge on any atom is 0.248 e. The van der Waals surface area contributed by atoms with Crippen LogP contribution in [-0.4, -0.2) is 46.9 Å². The van der Waals surface area contributed by atoms with Gasteiger partial charge < -0.3 is 14.6 Å². The fraction of sp³-hybridized carbons (Fsp3) is 0.368. The Hall–Kier alpha value is -2.60. The van der Waals surface area contributed by atoms with Crippen LogP contribution < -0.4 is 10.3 Å². The molecule has 1 amide bonds. The van der Waals surface area contributed by atoms with Crippen molar-refractivity contribution >= 4 is 5.91 Å². The Morgan fingerprint density at radius 3 is 2.92 bits per heavy atom. The summed E-state index contributed by atoms with van der Waals surface area (Å²) in [7, 11) is 0. The second-order valence-electron chi connectivity index (χ2n) is 6.58. The van der Waals surface area contributed by atoms with Crippen molar-refractivity contribution in [2.24, 2.45) is 0 Å². The van der Waals surface area contributed by atoms with E-state index in [9.17, 15) is 9.59 Å². The van der Waals surface area contributed by atoms with E-state index in [4.69, 9.17) is 4.74 Å². The van der Waals surface area contributed by atoms with E-state index in [0.29, 0.717) is 26.2 Å². The third-order valence-corrected chi connectivity index (χ3v) is 4.86. The topological polar surface area (TPSA) is 65.6 Å². The number of fused-ring (bicyclic) bond motifs is 2. The lowest BCUT2D eigenvalue weighted by atomic mass is 10.0. The van der Waals surface area contributed by atoms with Crippen molar-refractivity contribution < 1.29 is 9.53 Å². The van der Waals surface area contributed by atoms with Crippen LogP contribution in [0.1, 0.15) is 16.7 Å². The van der Waals surface area contributed by atoms with Gasteiger partial charge in [-0.15, -0.1) is 0 Å². The molecule has 0 saturated heterocycles. The Bertz CT molecular complexity index is 846. The van der Waals surface area contributed by atoms with Crippen molar-refractivity contribution in [2.45, 2.75) is 19.5 Å². The molecule has 0 aliphatic carbocycles. The van der Waals surface area contributed by atoms with Gasteiger partial charge in [0.2, 0.25) is 11.5 Å². The molecule has 2 aliphatic rings. The predicted molar refractivity (Wildman–Crippen MR) is 93.4 cm³/mol. The third-order valence-electron chi connectivity index (χ3n) is 4.86. The maximum absolute atomic E-state index is 12.7. The van der Waals surface area contributed by atoms with Gasteiger partial charge in [-0.2, -0.15) is 0 Å². The molecular formula is C19H21N3O3. The molecule has 6 nitrogen and oxygen atoms in total. The second kappa shape index (κ2) is 6.72. The number of carbonyl (C=O) groups excluding carboxylic acids is 1. The molecule has 0 fully saturated rings. The lowest BCUT2D eigenvalue weighted by Gasteiger charge is -2.30. The highest BCUT2D eigenvalue weighted by Gasteiger charge is 2.24. The van der Waals surface area contributed by atoms with Crippen LogP contribution in [0.25, 0.3) is 0 Å².